The maximum Gasteiger partial charge on any atom is 1.00 e. The van der Waals surface area contributed by atoms with Crippen LogP contribution in [0.4, 0.5) is 0 Å². The summed E-state index contributed by atoms with van der Waals surface area (Å²) in [7, 11) is -9.77. The molecule has 4 rings (SSSR count). The molecule has 0 aliphatic heterocycles. The van der Waals surface area contributed by atoms with E-state index in [-0.39, 0.29) is 101 Å². The summed E-state index contributed by atoms with van der Waals surface area (Å²) < 4.78 is 77.0. The van der Waals surface area contributed by atoms with Crippen molar-refractivity contribution in [3.05, 3.63) is 23.8 Å². The second-order valence-electron chi connectivity index (χ2n) is 12.9. The smallest absolute Gasteiger partial charge is 0.726 e. The van der Waals surface area contributed by atoms with E-state index in [9.17, 15) is 36.2 Å². The summed E-state index contributed by atoms with van der Waals surface area (Å²) in [6.45, 7) is 9.74. The van der Waals surface area contributed by atoms with E-state index in [2.05, 4.69) is 30.7 Å². The number of hydrogen-bond acceptors (Lipinski definition) is 10. The number of allylic oxidation sites excluding steroid dienone is 1. The summed E-state index contributed by atoms with van der Waals surface area (Å²) in [6, 6.07) is 0. The topological polar surface area (TPSA) is 173 Å². The van der Waals surface area contributed by atoms with Crippen LogP contribution >= 0.6 is 0 Å². The van der Waals surface area contributed by atoms with E-state index in [1.54, 1.807) is 6.92 Å². The Bertz CT molecular complexity index is 1190. The molecule has 0 aromatic heterocycles. The fourth-order valence-electron chi connectivity index (χ4n) is 8.93. The molecular weight excluding hydrogens is 594 g/mol. The van der Waals surface area contributed by atoms with Gasteiger partial charge in [0.2, 0.25) is 20.8 Å². The Morgan fingerprint density at radius 2 is 1.76 bits per heavy atom. The molecule has 2 N–H and O–H groups in total. The van der Waals surface area contributed by atoms with Gasteiger partial charge in [-0.25, -0.2) is 16.8 Å². The monoisotopic (exact) mass is 636 g/mol. The quantitative estimate of drug-likeness (QED) is 0.110. The second-order valence-corrected chi connectivity index (χ2v) is 15.0. The molecule has 41 heavy (non-hydrogen) atoms. The Hall–Kier alpha value is 1.14. The van der Waals surface area contributed by atoms with Gasteiger partial charge < -0.3 is 19.3 Å². The van der Waals surface area contributed by atoms with Crippen LogP contribution in [0.1, 0.15) is 78.6 Å². The summed E-state index contributed by atoms with van der Waals surface area (Å²) in [5, 5.41) is 21.1. The molecule has 14 heteroatoms. The zero-order valence-corrected chi connectivity index (χ0v) is 30.6. The predicted molar refractivity (Wildman–Crippen MR) is 140 cm³/mol. The molecule has 224 valence electrons. The van der Waals surface area contributed by atoms with Crippen molar-refractivity contribution >= 4 is 20.8 Å². The van der Waals surface area contributed by atoms with E-state index in [1.807, 2.05) is 0 Å². The second kappa shape index (κ2) is 14.3. The van der Waals surface area contributed by atoms with Crippen molar-refractivity contribution in [3.8, 4) is 0 Å². The van der Waals surface area contributed by atoms with E-state index in [4.69, 9.17) is 4.18 Å². The molecule has 3 saturated carbocycles. The van der Waals surface area contributed by atoms with Gasteiger partial charge in [0.05, 0.1) is 18.8 Å². The minimum Gasteiger partial charge on any atom is -0.726 e. The van der Waals surface area contributed by atoms with Gasteiger partial charge in [-0.2, -0.15) is 0 Å². The third-order valence-electron chi connectivity index (χ3n) is 10.8. The molecule has 0 heterocycles. The maximum absolute atomic E-state index is 11.3. The van der Waals surface area contributed by atoms with Crippen LogP contribution in [0, 0.1) is 40.4 Å². The van der Waals surface area contributed by atoms with Gasteiger partial charge >= 0.3 is 59.1 Å². The van der Waals surface area contributed by atoms with Crippen LogP contribution in [0.15, 0.2) is 23.8 Å². The molecule has 0 aromatic rings. The maximum atomic E-state index is 11.3. The molecule has 0 radical (unpaired) electrons. The van der Waals surface area contributed by atoms with E-state index in [0.717, 1.165) is 37.7 Å². The Balaban J connectivity index is 0.00000294. The van der Waals surface area contributed by atoms with Crippen molar-refractivity contribution < 1.29 is 104 Å². The SMILES string of the molecule is C=C(C)[C@@H](O)CC[C@@H](COS(=O)(=O)[O-])[C@H]1CC[C@H]2[C@@H]3CC=C4C[C@H](OS(=O)(=O)[O-])[C@@H](O)C[C@]4(C)[C@H]3CC[C@]12C.[Na+].[Na+]. The number of aliphatic hydroxyl groups is 2. The number of hydrogen-bond donors (Lipinski definition) is 2. The molecule has 4 aliphatic carbocycles. The zero-order chi connectivity index (χ0) is 29.0. The van der Waals surface area contributed by atoms with Gasteiger partial charge in [0.1, 0.15) is 6.10 Å². The summed E-state index contributed by atoms with van der Waals surface area (Å²) in [5.41, 5.74) is 1.24. The van der Waals surface area contributed by atoms with Crippen molar-refractivity contribution in [2.24, 2.45) is 40.4 Å². The van der Waals surface area contributed by atoms with Gasteiger partial charge in [0, 0.05) is 0 Å². The molecule has 10 atom stereocenters. The molecular formula is C27H42Na2O10S2. The van der Waals surface area contributed by atoms with Gasteiger partial charge in [-0.05, 0) is 105 Å². The molecule has 0 amide bonds. The van der Waals surface area contributed by atoms with Crippen molar-refractivity contribution in [3.63, 3.8) is 0 Å². The van der Waals surface area contributed by atoms with E-state index in [0.29, 0.717) is 36.7 Å². The molecule has 0 bridgehead atoms. The van der Waals surface area contributed by atoms with Crippen molar-refractivity contribution in [1.82, 2.24) is 0 Å². The first-order chi connectivity index (χ1) is 17.9. The normalized spacial score (nSPS) is 38.2. The van der Waals surface area contributed by atoms with Crippen LogP contribution in [-0.2, 0) is 29.2 Å². The number of aliphatic hydroxyl groups excluding tert-OH is 2. The van der Waals surface area contributed by atoms with E-state index < -0.39 is 39.1 Å². The summed E-state index contributed by atoms with van der Waals surface area (Å²) >= 11 is 0. The Morgan fingerprint density at radius 1 is 1.10 bits per heavy atom. The zero-order valence-electron chi connectivity index (χ0n) is 25.0. The molecule has 4 aliphatic rings. The minimum atomic E-state index is -4.93. The van der Waals surface area contributed by atoms with Crippen molar-refractivity contribution in [1.29, 1.82) is 0 Å². The summed E-state index contributed by atoms with van der Waals surface area (Å²) in [4.78, 5) is 0. The van der Waals surface area contributed by atoms with Crippen LogP contribution in [-0.4, -0.2) is 61.1 Å². The van der Waals surface area contributed by atoms with E-state index >= 15 is 0 Å². The van der Waals surface area contributed by atoms with Crippen LogP contribution in [0.3, 0.4) is 0 Å². The molecule has 3 fully saturated rings. The van der Waals surface area contributed by atoms with Crippen molar-refractivity contribution in [2.45, 2.75) is 96.9 Å². The molecule has 0 saturated heterocycles. The van der Waals surface area contributed by atoms with Crippen LogP contribution in [0.25, 0.3) is 0 Å². The van der Waals surface area contributed by atoms with Crippen LogP contribution < -0.4 is 59.1 Å². The Kier molecular flexibility index (Phi) is 13.3. The summed E-state index contributed by atoms with van der Waals surface area (Å²) in [6.07, 6.45) is 5.18. The van der Waals surface area contributed by atoms with Crippen LogP contribution in [0.2, 0.25) is 0 Å². The third kappa shape index (κ3) is 8.49. The van der Waals surface area contributed by atoms with Gasteiger partial charge in [0.15, 0.2) is 0 Å². The Labute approximate surface area is 289 Å². The standard InChI is InChI=1S/C27H44O10S2.2Na/c1-16(2)23(28)10-5-17(15-36-38(30,31)32)20-8-9-21-19-7-6-18-13-25(37-39(33,34)35)24(29)14-27(18,4)22(19)11-12-26(20,21)3;;/h6,17,19-25,28-29H,1,5,7-15H2,2-4H3,(H,30,31,32)(H,33,34,35);;/q;2*+1/p-2/t17-,19-,20+,21-,22-,23-,24-,25-,26+,27-;;/m0../s1. The first-order valence-corrected chi connectivity index (χ1v) is 16.6. The molecule has 10 nitrogen and oxygen atoms in total. The van der Waals surface area contributed by atoms with Gasteiger partial charge in [-0.1, -0.05) is 37.6 Å². The summed E-state index contributed by atoms with van der Waals surface area (Å²) in [5.74, 6) is 0.874. The molecule has 0 unspecified atom stereocenters. The van der Waals surface area contributed by atoms with Gasteiger partial charge in [-0.3, -0.25) is 8.37 Å². The largest absolute Gasteiger partial charge is 1.00 e. The fraction of sp³-hybridized carbons (Fsp3) is 0.852. The molecule has 0 spiro atoms. The predicted octanol–water partition coefficient (Wildman–Crippen LogP) is -2.80. The van der Waals surface area contributed by atoms with Crippen molar-refractivity contribution in [2.75, 3.05) is 6.61 Å². The van der Waals surface area contributed by atoms with E-state index in [1.165, 1.54) is 0 Å². The first kappa shape index (κ1) is 38.3. The van der Waals surface area contributed by atoms with Gasteiger partial charge in [-0.15, -0.1) is 0 Å². The third-order valence-corrected chi connectivity index (χ3v) is 11.7. The minimum absolute atomic E-state index is 0. The number of fused-ring (bicyclic) bond motifs is 5. The molecule has 0 aromatic carbocycles. The van der Waals surface area contributed by atoms with Crippen LogP contribution in [0.5, 0.6) is 0 Å². The number of rotatable bonds is 10. The fourth-order valence-corrected chi connectivity index (χ4v) is 9.77. The first-order valence-electron chi connectivity index (χ1n) is 13.9. The average Bonchev–Trinajstić information content (AvgIpc) is 3.15. The van der Waals surface area contributed by atoms with Gasteiger partial charge in [0.25, 0.3) is 0 Å². The average molecular weight is 637 g/mol. The Morgan fingerprint density at radius 3 is 2.34 bits per heavy atom.